The van der Waals surface area contributed by atoms with Gasteiger partial charge in [0.25, 0.3) is 0 Å². The van der Waals surface area contributed by atoms with Crippen LogP contribution in [0.1, 0.15) is 81.6 Å². The largest absolute Gasteiger partial charge is 0.100 e. The van der Waals surface area contributed by atoms with Gasteiger partial charge in [0, 0.05) is 0 Å². The summed E-state index contributed by atoms with van der Waals surface area (Å²) in [5, 5.41) is 0. The van der Waals surface area contributed by atoms with Gasteiger partial charge in [0.05, 0.1) is 0 Å². The maximum Gasteiger partial charge on any atom is -0.0445 e. The van der Waals surface area contributed by atoms with Gasteiger partial charge in [0.15, 0.2) is 0 Å². The minimum Gasteiger partial charge on any atom is -0.100 e. The zero-order valence-corrected chi connectivity index (χ0v) is 12.9. The van der Waals surface area contributed by atoms with E-state index < -0.39 is 0 Å². The molecule has 0 aliphatic heterocycles. The van der Waals surface area contributed by atoms with E-state index >= 15 is 0 Å². The molecule has 0 radical (unpaired) electrons. The van der Waals surface area contributed by atoms with E-state index in [4.69, 9.17) is 0 Å². The Morgan fingerprint density at radius 1 is 0.933 bits per heavy atom. The van der Waals surface area contributed by atoms with Crippen LogP contribution in [-0.4, -0.2) is 0 Å². The Kier molecular flexibility index (Phi) is 47.0. The molecule has 0 N–H and O–H groups in total. The van der Waals surface area contributed by atoms with Crippen LogP contribution in [0.5, 0.6) is 0 Å². The van der Waals surface area contributed by atoms with E-state index in [0.717, 1.165) is 5.92 Å². The molecule has 0 aromatic rings. The first-order chi connectivity index (χ1) is 6.95. The number of rotatable bonds is 2. The highest BCUT2D eigenvalue weighted by atomic mass is 13.9. The zero-order chi connectivity index (χ0) is 13.3. The second-order valence-corrected chi connectivity index (χ2v) is 3.84. The summed E-state index contributed by atoms with van der Waals surface area (Å²) in [4.78, 5) is 0. The molecule has 0 rings (SSSR count). The summed E-state index contributed by atoms with van der Waals surface area (Å²) in [5.41, 5.74) is 1.17. The third-order valence-corrected chi connectivity index (χ3v) is 1.39. The predicted octanol–water partition coefficient (Wildman–Crippen LogP) is 6.47. The molecule has 0 aromatic carbocycles. The van der Waals surface area contributed by atoms with Crippen molar-refractivity contribution in [3.63, 3.8) is 0 Å². The lowest BCUT2D eigenvalue weighted by Gasteiger charge is -1.98. The van der Waals surface area contributed by atoms with Gasteiger partial charge in [-0.15, -0.1) is 6.58 Å². The molecule has 0 aromatic heterocycles. The molecule has 0 heteroatoms. The van der Waals surface area contributed by atoms with Crippen molar-refractivity contribution in [3.8, 4) is 0 Å². The SMILES string of the molecule is C=C(C)C.CC.CCC.CCC(C)CC. The van der Waals surface area contributed by atoms with Crippen molar-refractivity contribution < 1.29 is 0 Å². The summed E-state index contributed by atoms with van der Waals surface area (Å²) in [6.45, 7) is 22.5. The first kappa shape index (κ1) is 24.1. The van der Waals surface area contributed by atoms with Gasteiger partial charge >= 0.3 is 0 Å². The van der Waals surface area contributed by atoms with Gasteiger partial charge < -0.3 is 0 Å². The molecule has 0 heterocycles. The number of hydrogen-bond acceptors (Lipinski definition) is 0. The van der Waals surface area contributed by atoms with Crippen LogP contribution >= 0.6 is 0 Å². The Labute approximate surface area is 100 Å². The second-order valence-electron chi connectivity index (χ2n) is 3.84. The van der Waals surface area contributed by atoms with Crippen LogP contribution in [0.15, 0.2) is 12.2 Å². The molecule has 0 atom stereocenters. The van der Waals surface area contributed by atoms with E-state index in [-0.39, 0.29) is 0 Å². The highest BCUT2D eigenvalue weighted by Crippen LogP contribution is 2.02. The smallest absolute Gasteiger partial charge is 0.0445 e. The van der Waals surface area contributed by atoms with E-state index in [0.29, 0.717) is 0 Å². The average molecular weight is 216 g/mol. The first-order valence-corrected chi connectivity index (χ1v) is 6.58. The van der Waals surface area contributed by atoms with Crippen LogP contribution in [0.25, 0.3) is 0 Å². The minimum absolute atomic E-state index is 0.935. The fourth-order valence-corrected chi connectivity index (χ4v) is 0.289. The lowest BCUT2D eigenvalue weighted by molar-refractivity contribution is 0.544. The first-order valence-electron chi connectivity index (χ1n) is 6.58. The molecule has 0 aliphatic rings. The Morgan fingerprint density at radius 3 is 1.07 bits per heavy atom. The molecule has 96 valence electrons. The molecular weight excluding hydrogens is 180 g/mol. The number of allylic oxidation sites excluding steroid dienone is 1. The Balaban J connectivity index is -0.0000000590. The Bertz CT molecular complexity index is 74.0. The zero-order valence-electron chi connectivity index (χ0n) is 12.9. The lowest BCUT2D eigenvalue weighted by Crippen LogP contribution is -1.85. The van der Waals surface area contributed by atoms with Crippen molar-refractivity contribution in [3.05, 3.63) is 12.2 Å². The summed E-state index contributed by atoms with van der Waals surface area (Å²) >= 11 is 0. The third kappa shape index (κ3) is 135. The Morgan fingerprint density at radius 2 is 1.07 bits per heavy atom. The molecule has 0 aliphatic carbocycles. The van der Waals surface area contributed by atoms with Gasteiger partial charge in [-0.3, -0.25) is 0 Å². The Hall–Kier alpha value is -0.260. The van der Waals surface area contributed by atoms with E-state index in [1.165, 1.54) is 24.8 Å². The van der Waals surface area contributed by atoms with Gasteiger partial charge in [0.2, 0.25) is 0 Å². The molecule has 0 saturated carbocycles. The van der Waals surface area contributed by atoms with Gasteiger partial charge in [-0.1, -0.05) is 73.3 Å². The maximum atomic E-state index is 3.56. The summed E-state index contributed by atoms with van der Waals surface area (Å²) in [5.74, 6) is 0.935. The van der Waals surface area contributed by atoms with Crippen LogP contribution in [0.4, 0.5) is 0 Å². The van der Waals surface area contributed by atoms with E-state index in [9.17, 15) is 0 Å². The van der Waals surface area contributed by atoms with Crippen LogP contribution in [0, 0.1) is 5.92 Å². The molecule has 0 nitrogen and oxygen atoms in total. The molecule has 0 unspecified atom stereocenters. The summed E-state index contributed by atoms with van der Waals surface area (Å²) in [7, 11) is 0. The van der Waals surface area contributed by atoms with Crippen molar-refractivity contribution in [2.45, 2.75) is 81.6 Å². The molecule has 0 fully saturated rings. The van der Waals surface area contributed by atoms with Crippen LogP contribution in [0.2, 0.25) is 0 Å². The van der Waals surface area contributed by atoms with Crippen molar-refractivity contribution >= 4 is 0 Å². The van der Waals surface area contributed by atoms with Crippen LogP contribution < -0.4 is 0 Å². The highest BCUT2D eigenvalue weighted by molar-refractivity contribution is 4.78. The van der Waals surface area contributed by atoms with Crippen molar-refractivity contribution in [2.75, 3.05) is 0 Å². The van der Waals surface area contributed by atoms with Gasteiger partial charge in [0.1, 0.15) is 0 Å². The van der Waals surface area contributed by atoms with Crippen molar-refractivity contribution in [2.24, 2.45) is 5.92 Å². The maximum absolute atomic E-state index is 3.56. The predicted molar refractivity (Wildman–Crippen MR) is 77.5 cm³/mol. The molecule has 15 heavy (non-hydrogen) atoms. The van der Waals surface area contributed by atoms with Crippen LogP contribution in [0.3, 0.4) is 0 Å². The lowest BCUT2D eigenvalue weighted by atomic mass is 10.1. The molecule has 0 amide bonds. The fourth-order valence-electron chi connectivity index (χ4n) is 0.289. The van der Waals surface area contributed by atoms with Crippen LogP contribution in [-0.2, 0) is 0 Å². The van der Waals surface area contributed by atoms with Gasteiger partial charge in [-0.05, 0) is 19.8 Å². The molecule has 0 bridgehead atoms. The third-order valence-electron chi connectivity index (χ3n) is 1.39. The standard InChI is InChI=1S/C6H14.C4H8.C3H8.C2H6/c1-4-6(3)5-2;1-4(2)3;1-3-2;1-2/h6H,4-5H2,1-3H3;1H2,2-3H3;3H2,1-2H3;1-2H3. The van der Waals surface area contributed by atoms with E-state index in [1.807, 2.05) is 27.7 Å². The quantitative estimate of drug-likeness (QED) is 0.464. The summed E-state index contributed by atoms with van der Waals surface area (Å²) in [6.07, 6.45) is 3.91. The normalized spacial score (nSPS) is 7.33. The molecular formula is C15H36. The second kappa shape index (κ2) is 29.2. The molecule has 0 spiro atoms. The van der Waals surface area contributed by atoms with Gasteiger partial charge in [-0.2, -0.15) is 0 Å². The topological polar surface area (TPSA) is 0 Å². The summed E-state index contributed by atoms with van der Waals surface area (Å²) in [6, 6.07) is 0. The fraction of sp³-hybridized carbons (Fsp3) is 0.867. The van der Waals surface area contributed by atoms with E-state index in [1.54, 1.807) is 0 Å². The highest BCUT2D eigenvalue weighted by Gasteiger charge is 1.88. The summed E-state index contributed by atoms with van der Waals surface area (Å²) < 4.78 is 0. The average Bonchev–Trinajstić information content (AvgIpc) is 2.20. The molecule has 0 saturated heterocycles. The van der Waals surface area contributed by atoms with Crippen molar-refractivity contribution in [1.82, 2.24) is 0 Å². The van der Waals surface area contributed by atoms with Crippen molar-refractivity contribution in [1.29, 1.82) is 0 Å². The monoisotopic (exact) mass is 216 g/mol. The van der Waals surface area contributed by atoms with E-state index in [2.05, 4.69) is 41.2 Å². The van der Waals surface area contributed by atoms with Gasteiger partial charge in [-0.25, -0.2) is 0 Å². The minimum atomic E-state index is 0.935. The number of hydrogen-bond donors (Lipinski definition) is 0.